The number of carbonyl (C=O) groups excluding carboxylic acids is 3. The van der Waals surface area contributed by atoms with E-state index in [0.29, 0.717) is 0 Å². The predicted molar refractivity (Wildman–Crippen MR) is 126 cm³/mol. The van der Waals surface area contributed by atoms with Crippen LogP contribution >= 0.6 is 56.9 Å². The fourth-order valence-electron chi connectivity index (χ4n) is 2.56. The summed E-state index contributed by atoms with van der Waals surface area (Å²) in [6, 6.07) is 9.04. The molecule has 6 nitrogen and oxygen atoms in total. The summed E-state index contributed by atoms with van der Waals surface area (Å²) in [6.45, 7) is -0.448. The van der Waals surface area contributed by atoms with Gasteiger partial charge in [-0.1, -0.05) is 6.07 Å². The molecule has 1 aliphatic rings. The van der Waals surface area contributed by atoms with Crippen molar-refractivity contribution in [2.24, 2.45) is 0 Å². The van der Waals surface area contributed by atoms with Gasteiger partial charge in [0, 0.05) is 5.69 Å². The second kappa shape index (κ2) is 9.43. The van der Waals surface area contributed by atoms with Crippen molar-refractivity contribution in [2.75, 3.05) is 19.0 Å². The van der Waals surface area contributed by atoms with Gasteiger partial charge in [0.2, 0.25) is 5.91 Å². The molecule has 0 saturated carbocycles. The molecule has 0 bridgehead atoms. The average molecular weight is 638 g/mol. The third-order valence-electron chi connectivity index (χ3n) is 3.81. The van der Waals surface area contributed by atoms with Crippen molar-refractivity contribution in [2.45, 2.75) is 0 Å². The number of halogens is 3. The van der Waals surface area contributed by atoms with E-state index in [0.717, 1.165) is 41.2 Å². The molecule has 150 valence electrons. The quantitative estimate of drug-likeness (QED) is 0.380. The zero-order valence-corrected chi connectivity index (χ0v) is 20.0. The van der Waals surface area contributed by atoms with E-state index in [1.165, 1.54) is 18.2 Å². The number of benzene rings is 2. The lowest BCUT2D eigenvalue weighted by molar-refractivity contribution is -0.127. The topological polar surface area (TPSA) is 75.7 Å². The maximum absolute atomic E-state index is 13.2. The Labute approximate surface area is 197 Å². The SMILES string of the molecule is COc1c(I)cc(/C=C2/SC(=O)N(CC(=O)Nc3cccc(F)c3)C2=O)cc1I. The summed E-state index contributed by atoms with van der Waals surface area (Å²) in [5.74, 6) is -0.894. The Morgan fingerprint density at radius 1 is 1.24 bits per heavy atom. The molecular formula is C19H13FI2N2O4S. The predicted octanol–water partition coefficient (Wildman–Crippen LogP) is 4.72. The van der Waals surface area contributed by atoms with Crippen molar-refractivity contribution in [3.05, 3.63) is 59.8 Å². The van der Waals surface area contributed by atoms with Crippen LogP contribution in [0, 0.1) is 13.0 Å². The van der Waals surface area contributed by atoms with Gasteiger partial charge in [-0.3, -0.25) is 19.3 Å². The molecule has 1 aliphatic heterocycles. The zero-order valence-electron chi connectivity index (χ0n) is 14.9. The van der Waals surface area contributed by atoms with E-state index < -0.39 is 29.4 Å². The van der Waals surface area contributed by atoms with Gasteiger partial charge in [0.15, 0.2) is 0 Å². The monoisotopic (exact) mass is 638 g/mol. The van der Waals surface area contributed by atoms with Gasteiger partial charge in [-0.25, -0.2) is 4.39 Å². The highest BCUT2D eigenvalue weighted by molar-refractivity contribution is 14.1. The van der Waals surface area contributed by atoms with Gasteiger partial charge >= 0.3 is 0 Å². The van der Waals surface area contributed by atoms with E-state index in [-0.39, 0.29) is 10.6 Å². The van der Waals surface area contributed by atoms with E-state index in [1.54, 1.807) is 13.2 Å². The van der Waals surface area contributed by atoms with Crippen molar-refractivity contribution in [3.63, 3.8) is 0 Å². The van der Waals surface area contributed by atoms with Crippen LogP contribution in [0.1, 0.15) is 5.56 Å². The number of nitrogens with one attached hydrogen (secondary N) is 1. The van der Waals surface area contributed by atoms with Crippen LogP contribution in [0.4, 0.5) is 14.9 Å². The van der Waals surface area contributed by atoms with Crippen LogP contribution in [-0.4, -0.2) is 35.6 Å². The minimum absolute atomic E-state index is 0.227. The highest BCUT2D eigenvalue weighted by Crippen LogP contribution is 2.34. The molecule has 0 aromatic heterocycles. The minimum atomic E-state index is -0.590. The van der Waals surface area contributed by atoms with Gasteiger partial charge in [0.1, 0.15) is 18.1 Å². The molecule has 0 spiro atoms. The van der Waals surface area contributed by atoms with Gasteiger partial charge in [0.05, 0.1) is 19.2 Å². The fourth-order valence-corrected chi connectivity index (χ4v) is 5.65. The molecule has 10 heteroatoms. The molecule has 0 aliphatic carbocycles. The maximum Gasteiger partial charge on any atom is 0.294 e. The zero-order chi connectivity index (χ0) is 21.1. The molecule has 2 aromatic carbocycles. The van der Waals surface area contributed by atoms with Crippen molar-refractivity contribution >= 4 is 85.8 Å². The summed E-state index contributed by atoms with van der Waals surface area (Å²) in [5.41, 5.74) is 0.995. The van der Waals surface area contributed by atoms with Crippen molar-refractivity contribution in [1.29, 1.82) is 0 Å². The second-order valence-corrected chi connectivity index (χ2v) is 9.16. The van der Waals surface area contributed by atoms with Crippen LogP contribution < -0.4 is 10.1 Å². The van der Waals surface area contributed by atoms with Gasteiger partial charge in [-0.05, 0) is 98.9 Å². The van der Waals surface area contributed by atoms with Crippen LogP contribution in [-0.2, 0) is 9.59 Å². The molecule has 1 N–H and O–H groups in total. The molecular weight excluding hydrogens is 625 g/mol. The third-order valence-corrected chi connectivity index (χ3v) is 6.32. The molecule has 1 saturated heterocycles. The van der Waals surface area contributed by atoms with E-state index in [2.05, 4.69) is 50.5 Å². The Hall–Kier alpha value is -1.67. The van der Waals surface area contributed by atoms with Gasteiger partial charge in [0.25, 0.3) is 11.1 Å². The Bertz CT molecular complexity index is 1020. The number of anilines is 1. The summed E-state index contributed by atoms with van der Waals surface area (Å²) in [4.78, 5) is 38.1. The summed E-state index contributed by atoms with van der Waals surface area (Å²) in [7, 11) is 1.58. The number of methoxy groups -OCH3 is 1. The van der Waals surface area contributed by atoms with Crippen LogP contribution in [0.3, 0.4) is 0 Å². The number of ether oxygens (including phenoxy) is 1. The summed E-state index contributed by atoms with van der Waals surface area (Å²) < 4.78 is 20.3. The standard InChI is InChI=1S/C19H13FI2N2O4S/c1-28-17-13(21)5-10(6-14(17)22)7-15-18(26)24(19(27)29-15)9-16(25)23-12-4-2-3-11(20)8-12/h2-8H,9H2,1H3,(H,23,25)/b15-7+. The number of amides is 3. The number of carbonyl (C=O) groups is 3. The summed E-state index contributed by atoms with van der Waals surface area (Å²) in [6.07, 6.45) is 1.61. The smallest absolute Gasteiger partial charge is 0.294 e. The molecule has 2 aromatic rings. The minimum Gasteiger partial charge on any atom is -0.495 e. The Morgan fingerprint density at radius 3 is 2.55 bits per heavy atom. The van der Waals surface area contributed by atoms with E-state index in [1.807, 2.05) is 12.1 Å². The third kappa shape index (κ3) is 5.28. The Morgan fingerprint density at radius 2 is 1.93 bits per heavy atom. The average Bonchev–Trinajstić information content (AvgIpc) is 2.89. The van der Waals surface area contributed by atoms with Crippen LogP contribution in [0.5, 0.6) is 5.75 Å². The van der Waals surface area contributed by atoms with Gasteiger partial charge in [-0.15, -0.1) is 0 Å². The number of hydrogen-bond donors (Lipinski definition) is 1. The molecule has 1 heterocycles. The molecule has 29 heavy (non-hydrogen) atoms. The highest BCUT2D eigenvalue weighted by Gasteiger charge is 2.36. The lowest BCUT2D eigenvalue weighted by Crippen LogP contribution is -2.36. The summed E-state index contributed by atoms with van der Waals surface area (Å²) >= 11 is 5.04. The molecule has 0 unspecified atom stereocenters. The van der Waals surface area contributed by atoms with Crippen LogP contribution in [0.15, 0.2) is 41.3 Å². The van der Waals surface area contributed by atoms with E-state index in [4.69, 9.17) is 4.74 Å². The first-order chi connectivity index (χ1) is 13.8. The Kier molecular flexibility index (Phi) is 7.16. The van der Waals surface area contributed by atoms with Crippen molar-refractivity contribution < 1.29 is 23.5 Å². The Balaban J connectivity index is 1.74. The van der Waals surface area contributed by atoms with Crippen LogP contribution in [0.25, 0.3) is 6.08 Å². The first kappa shape index (κ1) is 22.0. The molecule has 1 fully saturated rings. The molecule has 3 amide bonds. The largest absolute Gasteiger partial charge is 0.495 e. The normalized spacial score (nSPS) is 15.2. The summed E-state index contributed by atoms with van der Waals surface area (Å²) in [5, 5.41) is 1.94. The van der Waals surface area contributed by atoms with E-state index in [9.17, 15) is 18.8 Å². The number of rotatable bonds is 5. The number of nitrogens with zero attached hydrogens (tertiary/aromatic N) is 1. The first-order valence-corrected chi connectivity index (χ1v) is 11.1. The van der Waals surface area contributed by atoms with Crippen LogP contribution in [0.2, 0.25) is 0 Å². The first-order valence-electron chi connectivity index (χ1n) is 8.12. The lowest BCUT2D eigenvalue weighted by atomic mass is 10.2. The molecule has 3 rings (SSSR count). The van der Waals surface area contributed by atoms with E-state index >= 15 is 0 Å². The van der Waals surface area contributed by atoms with Gasteiger partial charge < -0.3 is 10.1 Å². The number of thioether (sulfide) groups is 1. The van der Waals surface area contributed by atoms with Gasteiger partial charge in [-0.2, -0.15) is 0 Å². The lowest BCUT2D eigenvalue weighted by Gasteiger charge is -2.12. The second-order valence-electron chi connectivity index (χ2n) is 5.84. The molecule has 0 radical (unpaired) electrons. The number of imide groups is 1. The fraction of sp³-hybridized carbons (Fsp3) is 0.105. The maximum atomic E-state index is 13.2. The highest BCUT2D eigenvalue weighted by atomic mass is 127. The van der Waals surface area contributed by atoms with Crippen molar-refractivity contribution in [3.8, 4) is 5.75 Å². The number of hydrogen-bond acceptors (Lipinski definition) is 5. The van der Waals surface area contributed by atoms with Crippen molar-refractivity contribution in [1.82, 2.24) is 4.90 Å². The molecule has 0 atom stereocenters.